The third kappa shape index (κ3) is 4.21. The van der Waals surface area contributed by atoms with Crippen LogP contribution in [0.1, 0.15) is 40.2 Å². The predicted octanol–water partition coefficient (Wildman–Crippen LogP) is 4.62. The SMILES string of the molecule is CC.CC.CCc1ccc2c(c1)OC(F)(F)O2. The van der Waals surface area contributed by atoms with Crippen LogP contribution in [0.15, 0.2) is 18.2 Å². The largest absolute Gasteiger partial charge is 0.586 e. The summed E-state index contributed by atoms with van der Waals surface area (Å²) in [6.07, 6.45) is -2.73. The van der Waals surface area contributed by atoms with Crippen molar-refractivity contribution >= 4 is 0 Å². The van der Waals surface area contributed by atoms with Crippen LogP contribution >= 0.6 is 0 Å². The summed E-state index contributed by atoms with van der Waals surface area (Å²) in [5, 5.41) is 0. The maximum atomic E-state index is 12.5. The number of aryl methyl sites for hydroxylation is 1. The van der Waals surface area contributed by atoms with Crippen molar-refractivity contribution in [1.82, 2.24) is 0 Å². The van der Waals surface area contributed by atoms with Gasteiger partial charge in [0.2, 0.25) is 0 Å². The molecule has 0 aromatic heterocycles. The van der Waals surface area contributed by atoms with E-state index in [0.717, 1.165) is 12.0 Å². The molecule has 1 aliphatic heterocycles. The smallest absolute Gasteiger partial charge is 0.395 e. The Bertz CT molecular complexity index is 338. The van der Waals surface area contributed by atoms with Gasteiger partial charge < -0.3 is 9.47 Å². The summed E-state index contributed by atoms with van der Waals surface area (Å²) in [5.41, 5.74) is 0.944. The molecule has 0 aliphatic carbocycles. The standard InChI is InChI=1S/C9H8F2O2.2C2H6/c1-2-6-3-4-7-8(5-6)13-9(10,11)12-7;2*1-2/h3-5H,2H2,1H3;2*1-2H3. The first-order valence-electron chi connectivity index (χ1n) is 5.99. The summed E-state index contributed by atoms with van der Waals surface area (Å²) in [6.45, 7) is 9.94. The number of rotatable bonds is 1. The average Bonchev–Trinajstić information content (AvgIpc) is 2.66. The summed E-state index contributed by atoms with van der Waals surface area (Å²) >= 11 is 0. The van der Waals surface area contributed by atoms with Crippen LogP contribution < -0.4 is 9.47 Å². The predicted molar refractivity (Wildman–Crippen MR) is 64.7 cm³/mol. The molecule has 98 valence electrons. The van der Waals surface area contributed by atoms with Gasteiger partial charge in [-0.3, -0.25) is 0 Å². The molecule has 2 rings (SSSR count). The summed E-state index contributed by atoms with van der Waals surface area (Å²) < 4.78 is 33.6. The maximum absolute atomic E-state index is 12.5. The minimum absolute atomic E-state index is 0.0993. The van der Waals surface area contributed by atoms with E-state index >= 15 is 0 Å². The normalized spacial score (nSPS) is 14.1. The van der Waals surface area contributed by atoms with E-state index < -0.39 is 6.29 Å². The molecule has 0 unspecified atom stereocenters. The molecule has 0 atom stereocenters. The van der Waals surface area contributed by atoms with E-state index in [-0.39, 0.29) is 11.5 Å². The second-order valence-corrected chi connectivity index (χ2v) is 2.80. The summed E-state index contributed by atoms with van der Waals surface area (Å²) in [7, 11) is 0. The van der Waals surface area contributed by atoms with Crippen LogP contribution in [-0.2, 0) is 6.42 Å². The van der Waals surface area contributed by atoms with Crippen molar-refractivity contribution < 1.29 is 18.3 Å². The van der Waals surface area contributed by atoms with E-state index in [0.29, 0.717) is 0 Å². The summed E-state index contributed by atoms with van der Waals surface area (Å²) in [6, 6.07) is 4.80. The third-order valence-corrected chi connectivity index (χ3v) is 1.87. The highest BCUT2D eigenvalue weighted by Crippen LogP contribution is 2.41. The van der Waals surface area contributed by atoms with Gasteiger partial charge in [0.05, 0.1) is 0 Å². The van der Waals surface area contributed by atoms with Gasteiger partial charge in [0, 0.05) is 0 Å². The van der Waals surface area contributed by atoms with Crippen LogP contribution in [0.25, 0.3) is 0 Å². The first-order chi connectivity index (χ1) is 8.11. The lowest BCUT2D eigenvalue weighted by Gasteiger charge is -2.04. The van der Waals surface area contributed by atoms with E-state index in [4.69, 9.17) is 0 Å². The fourth-order valence-electron chi connectivity index (χ4n) is 1.21. The number of benzene rings is 1. The molecule has 4 heteroatoms. The van der Waals surface area contributed by atoms with Gasteiger partial charge in [-0.15, -0.1) is 8.78 Å². The van der Waals surface area contributed by atoms with Crippen LogP contribution in [0.3, 0.4) is 0 Å². The number of alkyl halides is 2. The van der Waals surface area contributed by atoms with Crippen molar-refractivity contribution in [2.24, 2.45) is 0 Å². The lowest BCUT2D eigenvalue weighted by Crippen LogP contribution is -2.25. The monoisotopic (exact) mass is 246 g/mol. The number of ether oxygens (including phenoxy) is 2. The Labute approximate surface area is 102 Å². The van der Waals surface area contributed by atoms with Crippen molar-refractivity contribution in [3.8, 4) is 11.5 Å². The van der Waals surface area contributed by atoms with Gasteiger partial charge in [-0.1, -0.05) is 40.7 Å². The van der Waals surface area contributed by atoms with Crippen LogP contribution in [-0.4, -0.2) is 6.29 Å². The van der Waals surface area contributed by atoms with E-state index in [2.05, 4.69) is 9.47 Å². The van der Waals surface area contributed by atoms with Gasteiger partial charge in [-0.25, -0.2) is 0 Å². The molecule has 0 fully saturated rings. The van der Waals surface area contributed by atoms with Crippen molar-refractivity contribution in [3.05, 3.63) is 23.8 Å². The Morgan fingerprint density at radius 1 is 1.00 bits per heavy atom. The molecule has 0 amide bonds. The lowest BCUT2D eigenvalue weighted by atomic mass is 10.1. The fourth-order valence-corrected chi connectivity index (χ4v) is 1.21. The third-order valence-electron chi connectivity index (χ3n) is 1.87. The minimum atomic E-state index is -3.51. The van der Waals surface area contributed by atoms with Crippen molar-refractivity contribution in [3.63, 3.8) is 0 Å². The number of hydrogen-bond donors (Lipinski definition) is 0. The fraction of sp³-hybridized carbons (Fsp3) is 0.538. The van der Waals surface area contributed by atoms with Gasteiger partial charge >= 0.3 is 6.29 Å². The van der Waals surface area contributed by atoms with Crippen LogP contribution in [0, 0.1) is 0 Å². The van der Waals surface area contributed by atoms with Gasteiger partial charge in [-0.2, -0.15) is 0 Å². The Morgan fingerprint density at radius 2 is 1.53 bits per heavy atom. The maximum Gasteiger partial charge on any atom is 0.586 e. The molecule has 0 N–H and O–H groups in total. The summed E-state index contributed by atoms with van der Waals surface area (Å²) in [5.74, 6) is 0.214. The molecule has 1 aromatic carbocycles. The zero-order chi connectivity index (χ0) is 13.5. The Kier molecular flexibility index (Phi) is 6.54. The topological polar surface area (TPSA) is 18.5 Å². The van der Waals surface area contributed by atoms with Gasteiger partial charge in [0.1, 0.15) is 0 Å². The zero-order valence-electron chi connectivity index (χ0n) is 11.0. The van der Waals surface area contributed by atoms with Gasteiger partial charge in [-0.05, 0) is 24.1 Å². The Morgan fingerprint density at radius 3 is 2.06 bits per heavy atom. The second-order valence-electron chi connectivity index (χ2n) is 2.80. The molecule has 0 saturated heterocycles. The van der Waals surface area contributed by atoms with Crippen molar-refractivity contribution in [1.29, 1.82) is 0 Å². The zero-order valence-corrected chi connectivity index (χ0v) is 11.0. The molecular formula is C13H20F2O2. The summed E-state index contributed by atoms with van der Waals surface area (Å²) in [4.78, 5) is 0. The van der Waals surface area contributed by atoms with E-state index in [1.54, 1.807) is 12.1 Å². The van der Waals surface area contributed by atoms with E-state index in [9.17, 15) is 8.78 Å². The van der Waals surface area contributed by atoms with E-state index in [1.807, 2.05) is 34.6 Å². The molecule has 1 heterocycles. The highest BCUT2D eigenvalue weighted by Gasteiger charge is 2.43. The molecule has 2 nitrogen and oxygen atoms in total. The molecule has 1 aromatic rings. The number of fused-ring (bicyclic) bond motifs is 1. The van der Waals surface area contributed by atoms with Crippen molar-refractivity contribution in [2.45, 2.75) is 47.3 Å². The van der Waals surface area contributed by atoms with Gasteiger partial charge in [0.15, 0.2) is 11.5 Å². The molecular weight excluding hydrogens is 226 g/mol. The van der Waals surface area contributed by atoms with Gasteiger partial charge in [0.25, 0.3) is 0 Å². The quantitative estimate of drug-likeness (QED) is 0.719. The molecule has 0 saturated carbocycles. The van der Waals surface area contributed by atoms with Crippen LogP contribution in [0.2, 0.25) is 0 Å². The number of hydrogen-bond acceptors (Lipinski definition) is 2. The van der Waals surface area contributed by atoms with Crippen LogP contribution in [0.5, 0.6) is 11.5 Å². The second kappa shape index (κ2) is 7.09. The van der Waals surface area contributed by atoms with E-state index in [1.165, 1.54) is 6.07 Å². The Hall–Kier alpha value is -1.32. The van der Waals surface area contributed by atoms with Crippen LogP contribution in [0.4, 0.5) is 8.78 Å². The van der Waals surface area contributed by atoms with Crippen molar-refractivity contribution in [2.75, 3.05) is 0 Å². The lowest BCUT2D eigenvalue weighted by molar-refractivity contribution is -0.286. The molecule has 1 aliphatic rings. The first-order valence-corrected chi connectivity index (χ1v) is 5.99. The molecule has 0 spiro atoms. The highest BCUT2D eigenvalue weighted by atomic mass is 19.3. The molecule has 0 bridgehead atoms. The molecule has 0 radical (unpaired) electrons. The Balaban J connectivity index is 0.000000581. The first kappa shape index (κ1) is 15.7. The average molecular weight is 246 g/mol. The number of halogens is 2. The molecule has 17 heavy (non-hydrogen) atoms. The highest BCUT2D eigenvalue weighted by molar-refractivity contribution is 5.45. The minimum Gasteiger partial charge on any atom is -0.395 e.